The molecule has 7 aromatic carbocycles. The van der Waals surface area contributed by atoms with E-state index in [4.69, 9.17) is 19.4 Å². The second-order valence-corrected chi connectivity index (χ2v) is 12.5. The number of aromatic nitrogens is 4. The van der Waals surface area contributed by atoms with Gasteiger partial charge in [-0.25, -0.2) is 15.0 Å². The maximum Gasteiger partial charge on any atom is 0.164 e. The van der Waals surface area contributed by atoms with Crippen molar-refractivity contribution in [2.75, 3.05) is 0 Å². The normalized spacial score (nSPS) is 11.6. The first-order valence-electron chi connectivity index (χ1n) is 16.7. The summed E-state index contributed by atoms with van der Waals surface area (Å²) >= 11 is 0. The molecule has 50 heavy (non-hydrogen) atoms. The molecule has 234 valence electrons. The van der Waals surface area contributed by atoms with E-state index in [0.29, 0.717) is 17.5 Å². The van der Waals surface area contributed by atoms with Gasteiger partial charge in [0.2, 0.25) is 0 Å². The Labute approximate surface area is 287 Å². The van der Waals surface area contributed by atoms with Gasteiger partial charge in [0.15, 0.2) is 17.5 Å². The summed E-state index contributed by atoms with van der Waals surface area (Å²) in [5.41, 5.74) is 10.1. The van der Waals surface area contributed by atoms with E-state index in [1.54, 1.807) is 0 Å². The van der Waals surface area contributed by atoms with Gasteiger partial charge in [-0.2, -0.15) is 0 Å². The van der Waals surface area contributed by atoms with E-state index >= 15 is 0 Å². The number of fused-ring (bicyclic) bond motifs is 6. The topological polar surface area (TPSA) is 56.7 Å². The Morgan fingerprint density at radius 1 is 0.380 bits per heavy atom. The van der Waals surface area contributed by atoms with Crippen molar-refractivity contribution in [3.8, 4) is 51.0 Å². The molecule has 5 nitrogen and oxygen atoms in total. The Morgan fingerprint density at radius 2 is 1.00 bits per heavy atom. The molecule has 0 unspecified atom stereocenters. The van der Waals surface area contributed by atoms with Crippen molar-refractivity contribution in [2.24, 2.45) is 0 Å². The fourth-order valence-corrected chi connectivity index (χ4v) is 7.13. The van der Waals surface area contributed by atoms with Gasteiger partial charge in [0.1, 0.15) is 11.2 Å². The molecular weight excluding hydrogens is 613 g/mol. The predicted octanol–water partition coefficient (Wildman–Crippen LogP) is 11.5. The van der Waals surface area contributed by atoms with Gasteiger partial charge in [-0.15, -0.1) is 0 Å². The zero-order valence-corrected chi connectivity index (χ0v) is 26.9. The van der Waals surface area contributed by atoms with Crippen molar-refractivity contribution in [3.05, 3.63) is 170 Å². The highest BCUT2D eigenvalue weighted by molar-refractivity contribution is 6.16. The molecule has 3 heterocycles. The average Bonchev–Trinajstić information content (AvgIpc) is 3.74. The number of furan rings is 1. The van der Waals surface area contributed by atoms with Crippen molar-refractivity contribution in [1.82, 2.24) is 19.5 Å². The first-order chi connectivity index (χ1) is 24.8. The first-order valence-corrected chi connectivity index (χ1v) is 16.7. The van der Waals surface area contributed by atoms with E-state index in [-0.39, 0.29) is 0 Å². The third-order valence-electron chi connectivity index (χ3n) is 9.46. The molecule has 0 aliphatic carbocycles. The van der Waals surface area contributed by atoms with Crippen LogP contribution >= 0.6 is 0 Å². The molecule has 0 radical (unpaired) electrons. The van der Waals surface area contributed by atoms with Gasteiger partial charge in [0.05, 0.1) is 11.0 Å². The van der Waals surface area contributed by atoms with E-state index in [1.807, 2.05) is 72.8 Å². The van der Waals surface area contributed by atoms with Crippen LogP contribution in [0.4, 0.5) is 0 Å². The molecule has 0 N–H and O–H groups in total. The van der Waals surface area contributed by atoms with Crippen LogP contribution in [-0.2, 0) is 0 Å². The monoisotopic (exact) mass is 640 g/mol. The minimum absolute atomic E-state index is 0.628. The molecule has 0 fully saturated rings. The van der Waals surface area contributed by atoms with Crippen LogP contribution in [-0.4, -0.2) is 19.5 Å². The minimum atomic E-state index is 0.628. The van der Waals surface area contributed by atoms with Crippen LogP contribution in [0.2, 0.25) is 0 Å². The molecular formula is C45H28N4O. The molecule has 5 heteroatoms. The number of hydrogen-bond donors (Lipinski definition) is 0. The fourth-order valence-electron chi connectivity index (χ4n) is 7.13. The van der Waals surface area contributed by atoms with E-state index in [0.717, 1.165) is 77.2 Å². The number of hydrogen-bond acceptors (Lipinski definition) is 4. The summed E-state index contributed by atoms with van der Waals surface area (Å²) in [6, 6.07) is 58.6. The van der Waals surface area contributed by atoms with Crippen molar-refractivity contribution in [3.63, 3.8) is 0 Å². The van der Waals surface area contributed by atoms with Crippen LogP contribution in [0.25, 0.3) is 94.7 Å². The lowest BCUT2D eigenvalue weighted by Crippen LogP contribution is -2.00. The van der Waals surface area contributed by atoms with Crippen LogP contribution in [0.5, 0.6) is 0 Å². The standard InChI is InChI=1S/C45H28N4O/c1-4-13-29(14-5-1)32-23-25-38-37(27-32)42-35(45-47-43(30-15-6-2-7-16-30)46-44(48-45)31-17-8-3-9-18-31)20-12-21-39(42)49(38)33-24-26-41-36(28-33)34-19-10-11-22-40(34)50-41/h1-28H. The first kappa shape index (κ1) is 28.2. The molecule has 10 rings (SSSR count). The smallest absolute Gasteiger partial charge is 0.164 e. The molecule has 0 atom stereocenters. The zero-order valence-electron chi connectivity index (χ0n) is 26.9. The predicted molar refractivity (Wildman–Crippen MR) is 203 cm³/mol. The Bertz CT molecular complexity index is 2800. The SMILES string of the molecule is c1ccc(-c2ccc3c(c2)c2c(-c4nc(-c5ccccc5)nc(-c5ccccc5)n4)cccc2n3-c2ccc3oc4ccccc4c3c2)cc1. The molecule has 0 amide bonds. The summed E-state index contributed by atoms with van der Waals surface area (Å²) < 4.78 is 8.55. The van der Waals surface area contributed by atoms with Gasteiger partial charge in [0, 0.05) is 43.9 Å². The highest BCUT2D eigenvalue weighted by Gasteiger charge is 2.21. The van der Waals surface area contributed by atoms with Crippen molar-refractivity contribution >= 4 is 43.7 Å². The summed E-state index contributed by atoms with van der Waals surface area (Å²) in [6.45, 7) is 0. The van der Waals surface area contributed by atoms with E-state index in [9.17, 15) is 0 Å². The Kier molecular flexibility index (Phi) is 6.42. The third-order valence-corrected chi connectivity index (χ3v) is 9.46. The highest BCUT2D eigenvalue weighted by Crippen LogP contribution is 2.41. The lowest BCUT2D eigenvalue weighted by Gasteiger charge is -2.10. The third kappa shape index (κ3) is 4.60. The van der Waals surface area contributed by atoms with Gasteiger partial charge in [-0.3, -0.25) is 0 Å². The lowest BCUT2D eigenvalue weighted by molar-refractivity contribution is 0.669. The summed E-state index contributed by atoms with van der Waals surface area (Å²) in [6.07, 6.45) is 0. The van der Waals surface area contributed by atoms with Gasteiger partial charge in [0.25, 0.3) is 0 Å². The van der Waals surface area contributed by atoms with Gasteiger partial charge in [-0.1, -0.05) is 127 Å². The Hall–Kier alpha value is -6.85. The van der Waals surface area contributed by atoms with Crippen molar-refractivity contribution in [1.29, 1.82) is 0 Å². The largest absolute Gasteiger partial charge is 0.456 e. The van der Waals surface area contributed by atoms with Crippen LogP contribution in [0.1, 0.15) is 0 Å². The molecule has 0 aliphatic rings. The summed E-state index contributed by atoms with van der Waals surface area (Å²) in [4.78, 5) is 15.2. The molecule has 0 spiro atoms. The van der Waals surface area contributed by atoms with Gasteiger partial charge in [-0.05, 0) is 53.6 Å². The lowest BCUT2D eigenvalue weighted by atomic mass is 10.0. The zero-order chi connectivity index (χ0) is 33.0. The van der Waals surface area contributed by atoms with E-state index < -0.39 is 0 Å². The summed E-state index contributed by atoms with van der Waals surface area (Å²) in [7, 11) is 0. The van der Waals surface area contributed by atoms with Crippen molar-refractivity contribution < 1.29 is 4.42 Å². The Morgan fingerprint density at radius 3 is 1.72 bits per heavy atom. The average molecular weight is 641 g/mol. The maximum absolute atomic E-state index is 6.21. The van der Waals surface area contributed by atoms with Gasteiger partial charge < -0.3 is 8.98 Å². The quantitative estimate of drug-likeness (QED) is 0.188. The Balaban J connectivity index is 1.28. The molecule has 0 bridgehead atoms. The molecule has 10 aromatic rings. The highest BCUT2D eigenvalue weighted by atomic mass is 16.3. The number of benzene rings is 7. The molecule has 0 aliphatic heterocycles. The number of para-hydroxylation sites is 1. The van der Waals surface area contributed by atoms with Crippen LogP contribution in [0.3, 0.4) is 0 Å². The molecule has 3 aromatic heterocycles. The van der Waals surface area contributed by atoms with Gasteiger partial charge >= 0.3 is 0 Å². The van der Waals surface area contributed by atoms with E-state index in [2.05, 4.69) is 102 Å². The molecule has 0 saturated carbocycles. The number of rotatable bonds is 5. The van der Waals surface area contributed by atoms with Crippen LogP contribution in [0, 0.1) is 0 Å². The summed E-state index contributed by atoms with van der Waals surface area (Å²) in [5.74, 6) is 1.90. The summed E-state index contributed by atoms with van der Waals surface area (Å²) in [5, 5.41) is 4.39. The van der Waals surface area contributed by atoms with Crippen molar-refractivity contribution in [2.45, 2.75) is 0 Å². The number of nitrogens with zero attached hydrogens (tertiary/aromatic N) is 4. The maximum atomic E-state index is 6.21. The molecule has 0 saturated heterocycles. The van der Waals surface area contributed by atoms with E-state index in [1.165, 1.54) is 0 Å². The second kappa shape index (κ2) is 11.4. The van der Waals surface area contributed by atoms with Crippen LogP contribution < -0.4 is 0 Å². The minimum Gasteiger partial charge on any atom is -0.456 e. The second-order valence-electron chi connectivity index (χ2n) is 12.5. The fraction of sp³-hybridized carbons (Fsp3) is 0. The van der Waals surface area contributed by atoms with Crippen LogP contribution in [0.15, 0.2) is 174 Å².